The number of anilines is 4. The Balaban J connectivity index is 1.48. The van der Waals surface area contributed by atoms with Crippen LogP contribution < -0.4 is 15.5 Å². The van der Waals surface area contributed by atoms with Gasteiger partial charge in [-0.2, -0.15) is 0 Å². The summed E-state index contributed by atoms with van der Waals surface area (Å²) >= 11 is 5.96. The predicted octanol–water partition coefficient (Wildman–Crippen LogP) is 6.63. The van der Waals surface area contributed by atoms with E-state index in [1.54, 1.807) is 36.4 Å². The Morgan fingerprint density at radius 3 is 2.09 bits per heavy atom. The van der Waals surface area contributed by atoms with Gasteiger partial charge in [0.15, 0.2) is 22.6 Å². The molecule has 1 unspecified atom stereocenters. The van der Waals surface area contributed by atoms with Gasteiger partial charge in [0.2, 0.25) is 0 Å². The molecule has 0 spiro atoms. The summed E-state index contributed by atoms with van der Waals surface area (Å²) in [5.74, 6) is 0.809. The van der Waals surface area contributed by atoms with E-state index in [0.717, 1.165) is 16.8 Å². The maximum absolute atomic E-state index is 13.0. The molecule has 7 nitrogen and oxygen atoms in total. The van der Waals surface area contributed by atoms with Crippen LogP contribution in [0.15, 0.2) is 102 Å². The summed E-state index contributed by atoms with van der Waals surface area (Å²) < 4.78 is 16.0. The van der Waals surface area contributed by atoms with E-state index in [4.69, 9.17) is 21.8 Å². The van der Waals surface area contributed by atoms with Crippen LogP contribution in [0.1, 0.15) is 0 Å². The van der Waals surface area contributed by atoms with Crippen LogP contribution in [0.3, 0.4) is 0 Å². The minimum absolute atomic E-state index is 0.362. The fraction of sp³-hybridized carbons (Fsp3) is 0. The van der Waals surface area contributed by atoms with Gasteiger partial charge in [0.1, 0.15) is 0 Å². The largest absolute Gasteiger partial charge is 0.337 e. The van der Waals surface area contributed by atoms with Crippen molar-refractivity contribution in [2.24, 2.45) is 0 Å². The van der Waals surface area contributed by atoms with Gasteiger partial charge in [0, 0.05) is 10.7 Å². The number of nitrogens with one attached hydrogen (secondary N) is 3. The highest BCUT2D eigenvalue weighted by molar-refractivity contribution is 7.86. The monoisotopic (exact) mass is 501 g/mol. The molecule has 5 rings (SSSR count). The molecule has 0 aliphatic rings. The number of hydrogen-bond acceptors (Lipinski definition) is 6. The van der Waals surface area contributed by atoms with Crippen molar-refractivity contribution in [3.05, 3.63) is 102 Å². The summed E-state index contributed by atoms with van der Waals surface area (Å²) in [4.78, 5) is 9.96. The molecule has 1 atom stereocenters. The van der Waals surface area contributed by atoms with E-state index < -0.39 is 11.0 Å². The lowest BCUT2D eigenvalue weighted by Gasteiger charge is -2.14. The van der Waals surface area contributed by atoms with Crippen LogP contribution in [-0.2, 0) is 11.0 Å². The van der Waals surface area contributed by atoms with Crippen LogP contribution in [0.2, 0.25) is 5.02 Å². The van der Waals surface area contributed by atoms with E-state index >= 15 is 0 Å². The van der Waals surface area contributed by atoms with Gasteiger partial charge in [-0.05, 0) is 71.8 Å². The molecule has 0 fully saturated rings. The molecule has 0 aliphatic heterocycles. The number of para-hydroxylation sites is 2. The second-order valence-corrected chi connectivity index (χ2v) is 9.28. The average molecular weight is 502 g/mol. The van der Waals surface area contributed by atoms with Crippen molar-refractivity contribution < 1.29 is 9.42 Å². The minimum atomic E-state index is -1.57. The first-order valence-electron chi connectivity index (χ1n) is 10.7. The van der Waals surface area contributed by atoms with Crippen molar-refractivity contribution in [2.45, 2.75) is 4.90 Å². The number of benzene rings is 4. The fourth-order valence-electron chi connectivity index (χ4n) is 3.51. The third-order valence-corrected chi connectivity index (χ3v) is 6.59. The van der Waals surface area contributed by atoms with Crippen LogP contribution in [0.4, 0.5) is 23.0 Å². The van der Waals surface area contributed by atoms with Gasteiger partial charge in [-0.15, -0.1) is 0 Å². The van der Waals surface area contributed by atoms with Crippen LogP contribution in [0.5, 0.6) is 0 Å². The van der Waals surface area contributed by atoms with Gasteiger partial charge in [-0.25, -0.2) is 14.2 Å². The van der Waals surface area contributed by atoms with Crippen molar-refractivity contribution in [1.82, 2.24) is 9.97 Å². The third kappa shape index (κ3) is 5.25. The number of hydrogen-bond donors (Lipinski definition) is 4. The van der Waals surface area contributed by atoms with E-state index in [1.807, 2.05) is 60.7 Å². The molecule has 9 heteroatoms. The van der Waals surface area contributed by atoms with Crippen LogP contribution in [-0.4, -0.2) is 19.4 Å². The van der Waals surface area contributed by atoms with E-state index in [-0.39, 0.29) is 0 Å². The average Bonchev–Trinajstić information content (AvgIpc) is 2.89. The molecule has 35 heavy (non-hydrogen) atoms. The zero-order chi connectivity index (χ0) is 24.2. The molecule has 0 amide bonds. The number of aromatic nitrogens is 2. The summed E-state index contributed by atoms with van der Waals surface area (Å²) in [5.41, 5.74) is 6.89. The Hall–Kier alpha value is -3.98. The molecular formula is C26H20ClN5O2S. The third-order valence-electron chi connectivity index (χ3n) is 5.26. The summed E-state index contributed by atoms with van der Waals surface area (Å²) in [6, 6.07) is 29.5. The number of fused-ring (bicyclic) bond motifs is 1. The second-order valence-electron chi connectivity index (χ2n) is 7.63. The highest BCUT2D eigenvalue weighted by atomic mass is 35.5. The lowest BCUT2D eigenvalue weighted by molar-refractivity contribution is 0.389. The lowest BCUT2D eigenvalue weighted by atomic mass is 10.0. The molecular weight excluding hydrogens is 482 g/mol. The number of halogens is 1. The Labute approximate surface area is 209 Å². The first kappa shape index (κ1) is 22.8. The normalized spacial score (nSPS) is 11.7. The standard InChI is InChI=1S/C26H20ClN5O2S/c27-19-10-14-22(15-11-19)35(34)32-26-25(29-23-6-1-2-7-24(23)30-26)28-21-5-3-4-18(16-21)17-8-12-20(31-33)13-9-17/h1-16,31,33H,(H,28,29)(H,30,32). The lowest BCUT2D eigenvalue weighted by Crippen LogP contribution is -2.10. The van der Waals surface area contributed by atoms with Crippen LogP contribution in [0.25, 0.3) is 22.2 Å². The quantitative estimate of drug-likeness (QED) is 0.187. The van der Waals surface area contributed by atoms with Crippen molar-refractivity contribution in [3.8, 4) is 11.1 Å². The van der Waals surface area contributed by atoms with E-state index in [2.05, 4.69) is 20.5 Å². The van der Waals surface area contributed by atoms with Gasteiger partial charge in [-0.1, -0.05) is 48.0 Å². The maximum atomic E-state index is 13.0. The van der Waals surface area contributed by atoms with Gasteiger partial charge in [0.25, 0.3) is 0 Å². The molecule has 174 valence electrons. The molecule has 0 saturated heterocycles. The Morgan fingerprint density at radius 1 is 0.714 bits per heavy atom. The SMILES string of the molecule is O=S(Nc1nc2ccccc2nc1Nc1cccc(-c2ccc(NO)cc2)c1)c1ccc(Cl)cc1. The summed E-state index contributed by atoms with van der Waals surface area (Å²) in [7, 11) is -1.57. The van der Waals surface area contributed by atoms with E-state index in [0.29, 0.717) is 38.3 Å². The molecule has 1 aromatic heterocycles. The molecule has 1 heterocycles. The number of rotatable bonds is 7. The summed E-state index contributed by atoms with van der Waals surface area (Å²) in [5, 5.41) is 12.9. The fourth-order valence-corrected chi connectivity index (χ4v) is 4.46. The Bertz CT molecular complexity index is 1510. The Kier molecular flexibility index (Phi) is 6.58. The van der Waals surface area contributed by atoms with Gasteiger partial charge < -0.3 is 5.32 Å². The van der Waals surface area contributed by atoms with E-state index in [9.17, 15) is 4.21 Å². The molecule has 5 aromatic rings. The molecule has 4 aromatic carbocycles. The first-order valence-corrected chi connectivity index (χ1v) is 12.2. The van der Waals surface area contributed by atoms with Crippen molar-refractivity contribution in [2.75, 3.05) is 15.5 Å². The zero-order valence-corrected chi connectivity index (χ0v) is 19.8. The van der Waals surface area contributed by atoms with Gasteiger partial charge in [-0.3, -0.25) is 15.4 Å². The topological polar surface area (TPSA) is 99.2 Å². The van der Waals surface area contributed by atoms with Crippen LogP contribution in [0, 0.1) is 0 Å². The number of nitrogens with zero attached hydrogens (tertiary/aromatic N) is 2. The van der Waals surface area contributed by atoms with Crippen molar-refractivity contribution in [3.63, 3.8) is 0 Å². The molecule has 0 bridgehead atoms. The van der Waals surface area contributed by atoms with Gasteiger partial charge in [0.05, 0.1) is 21.6 Å². The molecule has 0 saturated carbocycles. The smallest absolute Gasteiger partial charge is 0.182 e. The van der Waals surface area contributed by atoms with Crippen LogP contribution >= 0.6 is 11.6 Å². The van der Waals surface area contributed by atoms with Gasteiger partial charge >= 0.3 is 0 Å². The first-order chi connectivity index (χ1) is 17.1. The second kappa shape index (κ2) is 10.1. The maximum Gasteiger partial charge on any atom is 0.182 e. The molecule has 4 N–H and O–H groups in total. The van der Waals surface area contributed by atoms with Crippen molar-refractivity contribution >= 4 is 56.6 Å². The highest BCUT2D eigenvalue weighted by Crippen LogP contribution is 2.29. The zero-order valence-electron chi connectivity index (χ0n) is 18.3. The molecule has 0 aliphatic carbocycles. The summed E-state index contributed by atoms with van der Waals surface area (Å²) in [6.45, 7) is 0. The Morgan fingerprint density at radius 2 is 1.40 bits per heavy atom. The van der Waals surface area contributed by atoms with Crippen molar-refractivity contribution in [1.29, 1.82) is 0 Å². The predicted molar refractivity (Wildman–Crippen MR) is 142 cm³/mol. The summed E-state index contributed by atoms with van der Waals surface area (Å²) in [6.07, 6.45) is 0. The molecule has 0 radical (unpaired) electrons. The minimum Gasteiger partial charge on any atom is -0.337 e. The van der Waals surface area contributed by atoms with E-state index in [1.165, 1.54) is 0 Å². The highest BCUT2D eigenvalue weighted by Gasteiger charge is 2.14.